The molecule has 1 aliphatic carbocycles. The monoisotopic (exact) mass is 304 g/mol. The van der Waals surface area contributed by atoms with Crippen LogP contribution < -0.4 is 0 Å². The molecule has 0 N–H and O–H groups in total. The van der Waals surface area contributed by atoms with Gasteiger partial charge in [-0.2, -0.15) is 9.61 Å². The highest BCUT2D eigenvalue weighted by atomic mass is 35.5. The lowest BCUT2D eigenvalue weighted by molar-refractivity contribution is 0.712. The molecular weight excluding hydrogens is 292 g/mol. The predicted octanol–water partition coefficient (Wildman–Crippen LogP) is 3.78. The van der Waals surface area contributed by atoms with Crippen LogP contribution in [-0.2, 0) is 12.8 Å². The second-order valence-electron chi connectivity index (χ2n) is 5.07. The zero-order valence-corrected chi connectivity index (χ0v) is 12.4. The minimum atomic E-state index is 0.455. The molecule has 6 heteroatoms. The van der Waals surface area contributed by atoms with E-state index in [4.69, 9.17) is 11.6 Å². The summed E-state index contributed by atoms with van der Waals surface area (Å²) in [6.45, 7) is 0. The summed E-state index contributed by atoms with van der Waals surface area (Å²) < 4.78 is 1.73. The van der Waals surface area contributed by atoms with Gasteiger partial charge in [-0.15, -0.1) is 21.5 Å². The zero-order chi connectivity index (χ0) is 13.5. The van der Waals surface area contributed by atoms with E-state index in [9.17, 15) is 0 Å². The van der Waals surface area contributed by atoms with Crippen LogP contribution >= 0.6 is 22.9 Å². The molecule has 1 aliphatic rings. The lowest BCUT2D eigenvalue weighted by atomic mass is 10.1. The molecule has 3 heterocycles. The summed E-state index contributed by atoms with van der Waals surface area (Å²) in [4.78, 5) is 2.63. The van der Waals surface area contributed by atoms with Gasteiger partial charge in [0, 0.05) is 4.88 Å². The Morgan fingerprint density at radius 2 is 2.00 bits per heavy atom. The smallest absolute Gasteiger partial charge is 0.190 e. The number of halogens is 1. The Bertz CT molecular complexity index is 753. The fraction of sp³-hybridized carbons (Fsp3) is 0.357. The molecule has 0 bridgehead atoms. The predicted molar refractivity (Wildman–Crippen MR) is 80.4 cm³/mol. The lowest BCUT2D eigenvalue weighted by Gasteiger charge is -1.96. The Labute approximate surface area is 125 Å². The van der Waals surface area contributed by atoms with Crippen molar-refractivity contribution in [3.05, 3.63) is 33.8 Å². The largest absolute Gasteiger partial charge is 0.195 e. The van der Waals surface area contributed by atoms with E-state index in [1.165, 1.54) is 42.5 Å². The first kappa shape index (κ1) is 12.3. The number of thiophene rings is 1. The number of hydrogen-bond donors (Lipinski definition) is 0. The van der Waals surface area contributed by atoms with E-state index < -0.39 is 0 Å². The maximum absolute atomic E-state index is 5.97. The van der Waals surface area contributed by atoms with Crippen LogP contribution in [0, 0.1) is 0 Å². The van der Waals surface area contributed by atoms with Gasteiger partial charge in [-0.1, -0.05) is 18.0 Å². The minimum absolute atomic E-state index is 0.455. The Hall–Kier alpha value is -1.46. The topological polar surface area (TPSA) is 43.1 Å². The van der Waals surface area contributed by atoms with Crippen molar-refractivity contribution in [1.29, 1.82) is 0 Å². The Kier molecular flexibility index (Phi) is 2.97. The van der Waals surface area contributed by atoms with Crippen LogP contribution in [0.4, 0.5) is 0 Å². The molecule has 0 saturated heterocycles. The normalized spacial score (nSPS) is 15.2. The van der Waals surface area contributed by atoms with Crippen molar-refractivity contribution < 1.29 is 0 Å². The van der Waals surface area contributed by atoms with Crippen molar-refractivity contribution in [1.82, 2.24) is 19.8 Å². The number of nitrogens with zero attached hydrogens (tertiary/aromatic N) is 4. The van der Waals surface area contributed by atoms with E-state index in [2.05, 4.69) is 21.4 Å². The van der Waals surface area contributed by atoms with Crippen LogP contribution in [0.25, 0.3) is 16.3 Å². The van der Waals surface area contributed by atoms with E-state index in [-0.39, 0.29) is 0 Å². The molecule has 0 atom stereocenters. The minimum Gasteiger partial charge on any atom is -0.190 e. The molecule has 0 radical (unpaired) electrons. The first-order chi connectivity index (χ1) is 9.81. The van der Waals surface area contributed by atoms with Gasteiger partial charge in [0.2, 0.25) is 0 Å². The van der Waals surface area contributed by atoms with Crippen molar-refractivity contribution in [2.24, 2.45) is 0 Å². The Morgan fingerprint density at radius 3 is 2.95 bits per heavy atom. The van der Waals surface area contributed by atoms with Gasteiger partial charge in [-0.25, -0.2) is 0 Å². The SMILES string of the molecule is Clc1ccc2nnc(-c3cc4c(s3)CCCCC4)n2n1. The highest BCUT2D eigenvalue weighted by Crippen LogP contribution is 2.34. The third-order valence-electron chi connectivity index (χ3n) is 3.70. The summed E-state index contributed by atoms with van der Waals surface area (Å²) in [5.74, 6) is 0.792. The van der Waals surface area contributed by atoms with E-state index in [0.717, 1.165) is 16.3 Å². The maximum atomic E-state index is 5.97. The average Bonchev–Trinajstić information content (AvgIpc) is 2.97. The number of aryl methyl sites for hydroxylation is 2. The number of rotatable bonds is 1. The fourth-order valence-corrected chi connectivity index (χ4v) is 4.06. The van der Waals surface area contributed by atoms with E-state index in [0.29, 0.717) is 5.15 Å². The molecule has 0 aliphatic heterocycles. The fourth-order valence-electron chi connectivity index (χ4n) is 2.70. The zero-order valence-electron chi connectivity index (χ0n) is 10.8. The summed E-state index contributed by atoms with van der Waals surface area (Å²) in [6, 6.07) is 5.83. The van der Waals surface area contributed by atoms with E-state index in [1.54, 1.807) is 10.6 Å². The molecule has 4 nitrogen and oxygen atoms in total. The summed E-state index contributed by atoms with van der Waals surface area (Å²) in [6.07, 6.45) is 6.27. The van der Waals surface area contributed by atoms with Gasteiger partial charge >= 0.3 is 0 Å². The first-order valence-electron chi connectivity index (χ1n) is 6.81. The highest BCUT2D eigenvalue weighted by molar-refractivity contribution is 7.15. The van der Waals surface area contributed by atoms with Gasteiger partial charge in [-0.3, -0.25) is 0 Å². The number of hydrogen-bond acceptors (Lipinski definition) is 4. The van der Waals surface area contributed by atoms with Crippen molar-refractivity contribution in [3.8, 4) is 10.7 Å². The number of aromatic nitrogens is 4. The van der Waals surface area contributed by atoms with Gasteiger partial charge in [-0.05, 0) is 49.4 Å². The Balaban J connectivity index is 1.85. The average molecular weight is 305 g/mol. The Morgan fingerprint density at radius 1 is 1.10 bits per heavy atom. The molecule has 102 valence electrons. The van der Waals surface area contributed by atoms with Gasteiger partial charge in [0.1, 0.15) is 5.15 Å². The van der Waals surface area contributed by atoms with Crippen LogP contribution in [0.15, 0.2) is 18.2 Å². The van der Waals surface area contributed by atoms with Gasteiger partial charge in [0.05, 0.1) is 4.88 Å². The molecule has 4 rings (SSSR count). The van der Waals surface area contributed by atoms with Gasteiger partial charge < -0.3 is 0 Å². The van der Waals surface area contributed by atoms with Crippen LogP contribution in [-0.4, -0.2) is 19.8 Å². The second-order valence-corrected chi connectivity index (χ2v) is 6.59. The van der Waals surface area contributed by atoms with Crippen molar-refractivity contribution in [2.45, 2.75) is 32.1 Å². The van der Waals surface area contributed by atoms with Crippen molar-refractivity contribution in [2.75, 3.05) is 0 Å². The number of fused-ring (bicyclic) bond motifs is 2. The van der Waals surface area contributed by atoms with Crippen LogP contribution in [0.2, 0.25) is 5.15 Å². The maximum Gasteiger partial charge on any atom is 0.195 e. The summed E-state index contributed by atoms with van der Waals surface area (Å²) >= 11 is 7.79. The molecule has 0 aromatic carbocycles. The second kappa shape index (κ2) is 4.82. The first-order valence-corrected chi connectivity index (χ1v) is 8.00. The summed E-state index contributed by atoms with van der Waals surface area (Å²) in [7, 11) is 0. The van der Waals surface area contributed by atoms with Crippen LogP contribution in [0.1, 0.15) is 29.7 Å². The standard InChI is InChI=1S/C14H13ClN4S/c15-12-6-7-13-16-17-14(19(13)18-12)11-8-9-4-2-1-3-5-10(9)20-11/h6-8H,1-5H2. The molecule has 3 aromatic heterocycles. The lowest BCUT2D eigenvalue weighted by Crippen LogP contribution is -1.93. The summed E-state index contributed by atoms with van der Waals surface area (Å²) in [5.41, 5.74) is 2.20. The molecule has 0 fully saturated rings. The molecule has 20 heavy (non-hydrogen) atoms. The van der Waals surface area contributed by atoms with Crippen molar-refractivity contribution >= 4 is 28.6 Å². The molecule has 3 aromatic rings. The molecule has 0 unspecified atom stereocenters. The van der Waals surface area contributed by atoms with Crippen molar-refractivity contribution in [3.63, 3.8) is 0 Å². The third-order valence-corrected chi connectivity index (χ3v) is 5.13. The third kappa shape index (κ3) is 2.01. The molecule has 0 saturated carbocycles. The molecule has 0 amide bonds. The van der Waals surface area contributed by atoms with Gasteiger partial charge in [0.25, 0.3) is 0 Å². The summed E-state index contributed by atoms with van der Waals surface area (Å²) in [5, 5.41) is 13.2. The van der Waals surface area contributed by atoms with Crippen LogP contribution in [0.5, 0.6) is 0 Å². The molecular formula is C14H13ClN4S. The highest BCUT2D eigenvalue weighted by Gasteiger charge is 2.17. The van der Waals surface area contributed by atoms with E-state index in [1.807, 2.05) is 17.4 Å². The van der Waals surface area contributed by atoms with Gasteiger partial charge in [0.15, 0.2) is 11.5 Å². The van der Waals surface area contributed by atoms with Crippen LogP contribution in [0.3, 0.4) is 0 Å². The molecule has 0 spiro atoms. The quantitative estimate of drug-likeness (QED) is 0.643. The van der Waals surface area contributed by atoms with E-state index >= 15 is 0 Å².